The summed E-state index contributed by atoms with van der Waals surface area (Å²) in [6.45, 7) is 2.52. The van der Waals surface area contributed by atoms with E-state index in [9.17, 15) is 13.2 Å². The van der Waals surface area contributed by atoms with Gasteiger partial charge in [-0.15, -0.1) is 0 Å². The molecule has 1 aromatic heterocycles. The maximum Gasteiger partial charge on any atom is 0.389 e. The van der Waals surface area contributed by atoms with Gasteiger partial charge in [-0.25, -0.2) is 0 Å². The predicted octanol–water partition coefficient (Wildman–Crippen LogP) is 2.81. The van der Waals surface area contributed by atoms with Gasteiger partial charge in [-0.3, -0.25) is 4.68 Å². The van der Waals surface area contributed by atoms with Crippen molar-refractivity contribution in [2.75, 3.05) is 6.54 Å². The van der Waals surface area contributed by atoms with E-state index in [0.717, 1.165) is 11.4 Å². The lowest BCUT2D eigenvalue weighted by molar-refractivity contribution is -0.135. The van der Waals surface area contributed by atoms with Crippen LogP contribution in [0.4, 0.5) is 13.2 Å². The molecular weight excluding hydrogens is 255 g/mol. The fourth-order valence-electron chi connectivity index (χ4n) is 1.49. The molecule has 0 saturated heterocycles. The van der Waals surface area contributed by atoms with Crippen LogP contribution >= 0.6 is 11.6 Å². The van der Waals surface area contributed by atoms with Crippen LogP contribution in [0.25, 0.3) is 0 Å². The zero-order chi connectivity index (χ0) is 13.1. The molecule has 0 spiro atoms. The van der Waals surface area contributed by atoms with Crippen LogP contribution in [0.1, 0.15) is 24.2 Å². The minimum absolute atomic E-state index is 0.0674. The Bertz CT molecular complexity index is 374. The Labute approximate surface area is 103 Å². The summed E-state index contributed by atoms with van der Waals surface area (Å²) in [4.78, 5) is 0. The molecule has 1 N–H and O–H groups in total. The first-order valence-corrected chi connectivity index (χ1v) is 5.64. The highest BCUT2D eigenvalue weighted by molar-refractivity contribution is 6.31. The van der Waals surface area contributed by atoms with Crippen molar-refractivity contribution in [2.24, 2.45) is 7.05 Å². The number of aromatic nitrogens is 2. The lowest BCUT2D eigenvalue weighted by Gasteiger charge is -2.07. The molecule has 1 rings (SSSR count). The first kappa shape index (κ1) is 14.3. The second-order valence-electron chi connectivity index (χ2n) is 3.87. The normalized spacial score (nSPS) is 12.1. The summed E-state index contributed by atoms with van der Waals surface area (Å²) in [6, 6.07) is 0. The molecule has 0 amide bonds. The van der Waals surface area contributed by atoms with Gasteiger partial charge in [0.2, 0.25) is 0 Å². The molecule has 0 aliphatic heterocycles. The number of hydrogen-bond acceptors (Lipinski definition) is 2. The van der Waals surface area contributed by atoms with Gasteiger partial charge in [0, 0.05) is 20.0 Å². The molecule has 0 radical (unpaired) electrons. The van der Waals surface area contributed by atoms with E-state index in [2.05, 4.69) is 10.4 Å². The van der Waals surface area contributed by atoms with Gasteiger partial charge in [-0.1, -0.05) is 11.6 Å². The highest BCUT2D eigenvalue weighted by atomic mass is 35.5. The third-order valence-electron chi connectivity index (χ3n) is 2.37. The molecule has 17 heavy (non-hydrogen) atoms. The van der Waals surface area contributed by atoms with Crippen LogP contribution in [0.5, 0.6) is 0 Å². The average Bonchev–Trinajstić information content (AvgIpc) is 2.42. The first-order chi connectivity index (χ1) is 7.81. The zero-order valence-corrected chi connectivity index (χ0v) is 10.5. The van der Waals surface area contributed by atoms with Crippen molar-refractivity contribution in [3.05, 3.63) is 16.4 Å². The molecule has 0 unspecified atom stereocenters. The summed E-state index contributed by atoms with van der Waals surface area (Å²) in [5.41, 5.74) is 1.51. The summed E-state index contributed by atoms with van der Waals surface area (Å²) in [7, 11) is 1.76. The summed E-state index contributed by atoms with van der Waals surface area (Å²) in [6.07, 6.45) is -4.78. The van der Waals surface area contributed by atoms with Crippen LogP contribution in [0.2, 0.25) is 5.02 Å². The maximum absolute atomic E-state index is 11.9. The van der Waals surface area contributed by atoms with E-state index in [1.165, 1.54) is 0 Å². The SMILES string of the molecule is Cc1nn(C)c(CNCCCC(F)(F)F)c1Cl. The Morgan fingerprint density at radius 2 is 2.06 bits per heavy atom. The fourth-order valence-corrected chi connectivity index (χ4v) is 1.72. The smallest absolute Gasteiger partial charge is 0.311 e. The molecule has 0 aliphatic rings. The molecule has 0 fully saturated rings. The number of halogens is 4. The monoisotopic (exact) mass is 269 g/mol. The predicted molar refractivity (Wildman–Crippen MR) is 60.0 cm³/mol. The van der Waals surface area contributed by atoms with Gasteiger partial charge < -0.3 is 5.32 Å². The molecule has 7 heteroatoms. The highest BCUT2D eigenvalue weighted by Gasteiger charge is 2.25. The summed E-state index contributed by atoms with van der Waals surface area (Å²) >= 11 is 6.00. The van der Waals surface area contributed by atoms with Crippen molar-refractivity contribution in [1.82, 2.24) is 15.1 Å². The Morgan fingerprint density at radius 1 is 1.41 bits per heavy atom. The highest BCUT2D eigenvalue weighted by Crippen LogP contribution is 2.21. The topological polar surface area (TPSA) is 29.9 Å². The number of nitrogens with one attached hydrogen (secondary N) is 1. The number of hydrogen-bond donors (Lipinski definition) is 1. The fraction of sp³-hybridized carbons (Fsp3) is 0.700. The van der Waals surface area contributed by atoms with Crippen molar-refractivity contribution in [2.45, 2.75) is 32.5 Å². The lowest BCUT2D eigenvalue weighted by Crippen LogP contribution is -2.19. The summed E-state index contributed by atoms with van der Waals surface area (Å²) in [5, 5.41) is 7.60. The van der Waals surface area contributed by atoms with Crippen LogP contribution in [0.15, 0.2) is 0 Å². The largest absolute Gasteiger partial charge is 0.389 e. The van der Waals surface area contributed by atoms with E-state index >= 15 is 0 Å². The molecule has 0 aliphatic carbocycles. The quantitative estimate of drug-likeness (QED) is 0.833. The van der Waals surface area contributed by atoms with Gasteiger partial charge in [0.05, 0.1) is 16.4 Å². The molecule has 0 aromatic carbocycles. The second kappa shape index (κ2) is 5.73. The van der Waals surface area contributed by atoms with Crippen molar-refractivity contribution in [3.8, 4) is 0 Å². The van der Waals surface area contributed by atoms with Crippen molar-refractivity contribution >= 4 is 11.6 Å². The lowest BCUT2D eigenvalue weighted by atomic mass is 10.3. The van der Waals surface area contributed by atoms with Gasteiger partial charge in [0.15, 0.2) is 0 Å². The number of nitrogens with zero attached hydrogens (tertiary/aromatic N) is 2. The van der Waals surface area contributed by atoms with Crippen LogP contribution in [0, 0.1) is 6.92 Å². The summed E-state index contributed by atoms with van der Waals surface area (Å²) in [5.74, 6) is 0. The number of alkyl halides is 3. The molecule has 0 atom stereocenters. The molecule has 98 valence electrons. The maximum atomic E-state index is 11.9. The third kappa shape index (κ3) is 4.55. The first-order valence-electron chi connectivity index (χ1n) is 5.26. The van der Waals surface area contributed by atoms with Gasteiger partial charge in [0.25, 0.3) is 0 Å². The van der Waals surface area contributed by atoms with Crippen molar-refractivity contribution in [1.29, 1.82) is 0 Å². The van der Waals surface area contributed by atoms with Gasteiger partial charge in [-0.2, -0.15) is 18.3 Å². The van der Waals surface area contributed by atoms with Gasteiger partial charge in [-0.05, 0) is 19.9 Å². The Balaban J connectivity index is 2.32. The van der Waals surface area contributed by atoms with Gasteiger partial charge in [0.1, 0.15) is 0 Å². The van der Waals surface area contributed by atoms with Crippen LogP contribution < -0.4 is 5.32 Å². The standard InChI is InChI=1S/C10H15ClF3N3/c1-7-9(11)8(17(2)16-7)6-15-5-3-4-10(12,13)14/h15H,3-6H2,1-2H3. The van der Waals surface area contributed by atoms with E-state index < -0.39 is 12.6 Å². The number of rotatable bonds is 5. The van der Waals surface area contributed by atoms with Crippen molar-refractivity contribution in [3.63, 3.8) is 0 Å². The molecule has 1 aromatic rings. The number of aryl methyl sites for hydroxylation is 2. The Hall–Kier alpha value is -0.750. The van der Waals surface area contributed by atoms with E-state index in [1.807, 2.05) is 0 Å². The molecule has 0 bridgehead atoms. The van der Waals surface area contributed by atoms with Crippen LogP contribution in [-0.2, 0) is 13.6 Å². The molecule has 3 nitrogen and oxygen atoms in total. The Kier molecular flexibility index (Phi) is 4.82. The summed E-state index contributed by atoms with van der Waals surface area (Å²) < 4.78 is 37.3. The average molecular weight is 270 g/mol. The molecule has 0 saturated carbocycles. The van der Waals surface area contributed by atoms with E-state index in [-0.39, 0.29) is 6.42 Å². The van der Waals surface area contributed by atoms with Crippen molar-refractivity contribution < 1.29 is 13.2 Å². The van der Waals surface area contributed by atoms with E-state index in [4.69, 9.17) is 11.6 Å². The third-order valence-corrected chi connectivity index (χ3v) is 2.86. The van der Waals surface area contributed by atoms with Crippen LogP contribution in [0.3, 0.4) is 0 Å². The zero-order valence-electron chi connectivity index (χ0n) is 9.73. The van der Waals surface area contributed by atoms with Gasteiger partial charge >= 0.3 is 6.18 Å². The van der Waals surface area contributed by atoms with E-state index in [0.29, 0.717) is 18.1 Å². The second-order valence-corrected chi connectivity index (χ2v) is 4.24. The molecule has 1 heterocycles. The van der Waals surface area contributed by atoms with Crippen LogP contribution in [-0.4, -0.2) is 22.5 Å². The minimum atomic E-state index is -4.08. The molecular formula is C10H15ClF3N3. The Morgan fingerprint density at radius 3 is 2.53 bits per heavy atom. The van der Waals surface area contributed by atoms with E-state index in [1.54, 1.807) is 18.7 Å². The minimum Gasteiger partial charge on any atom is -0.311 e.